The fourth-order valence-corrected chi connectivity index (χ4v) is 5.13. The van der Waals surface area contributed by atoms with Gasteiger partial charge in [-0.1, -0.05) is 30.3 Å². The molecule has 3 aromatic rings. The fourth-order valence-electron chi connectivity index (χ4n) is 5.13. The molecular formula is C27H28F2N4O2. The summed E-state index contributed by atoms with van der Waals surface area (Å²) >= 11 is 0. The molecule has 1 saturated heterocycles. The first kappa shape index (κ1) is 23.2. The number of carbonyl (C=O) groups is 2. The van der Waals surface area contributed by atoms with E-state index >= 15 is 0 Å². The molecule has 2 aliphatic rings. The highest BCUT2D eigenvalue weighted by Gasteiger charge is 2.32. The zero-order valence-electron chi connectivity index (χ0n) is 19.4. The maximum Gasteiger partial charge on any atom is 0.256 e. The lowest BCUT2D eigenvalue weighted by Gasteiger charge is -2.33. The van der Waals surface area contributed by atoms with Crippen LogP contribution in [0.3, 0.4) is 0 Å². The molecule has 8 heteroatoms. The zero-order valence-corrected chi connectivity index (χ0v) is 19.4. The van der Waals surface area contributed by atoms with Gasteiger partial charge in [0.2, 0.25) is 5.91 Å². The molecule has 0 bridgehead atoms. The van der Waals surface area contributed by atoms with Gasteiger partial charge in [0.05, 0.1) is 24.3 Å². The number of rotatable bonds is 5. The summed E-state index contributed by atoms with van der Waals surface area (Å²) in [7, 11) is 0. The predicted molar refractivity (Wildman–Crippen MR) is 127 cm³/mol. The third kappa shape index (κ3) is 4.97. The molecule has 1 N–H and O–H groups in total. The van der Waals surface area contributed by atoms with E-state index in [4.69, 9.17) is 0 Å². The van der Waals surface area contributed by atoms with Crippen LogP contribution in [0.25, 0.3) is 0 Å². The fraction of sp³-hybridized carbons (Fsp3) is 0.370. The smallest absolute Gasteiger partial charge is 0.256 e. The van der Waals surface area contributed by atoms with Crippen molar-refractivity contribution in [1.29, 1.82) is 0 Å². The highest BCUT2D eigenvalue weighted by Crippen LogP contribution is 2.31. The average molecular weight is 479 g/mol. The number of halogens is 2. The van der Waals surface area contributed by atoms with Gasteiger partial charge in [-0.25, -0.2) is 8.78 Å². The lowest BCUT2D eigenvalue weighted by molar-refractivity contribution is -0.127. The van der Waals surface area contributed by atoms with Crippen LogP contribution in [0, 0.1) is 17.6 Å². The Labute approximate surface area is 202 Å². The molecule has 1 fully saturated rings. The normalized spacial score (nSPS) is 18.2. The van der Waals surface area contributed by atoms with Crippen molar-refractivity contribution in [2.45, 2.75) is 44.7 Å². The van der Waals surface area contributed by atoms with Gasteiger partial charge in [-0.15, -0.1) is 0 Å². The molecule has 1 aliphatic heterocycles. The van der Waals surface area contributed by atoms with Gasteiger partial charge in [-0.3, -0.25) is 14.3 Å². The quantitative estimate of drug-likeness (QED) is 0.596. The van der Waals surface area contributed by atoms with E-state index < -0.39 is 17.5 Å². The highest BCUT2D eigenvalue weighted by atomic mass is 19.1. The number of benzene rings is 2. The zero-order chi connectivity index (χ0) is 24.4. The van der Waals surface area contributed by atoms with Crippen molar-refractivity contribution < 1.29 is 18.4 Å². The third-order valence-corrected chi connectivity index (χ3v) is 7.07. The largest absolute Gasteiger partial charge is 0.349 e. The van der Waals surface area contributed by atoms with E-state index in [0.29, 0.717) is 38.5 Å². The monoisotopic (exact) mass is 478 g/mol. The molecule has 1 aliphatic carbocycles. The summed E-state index contributed by atoms with van der Waals surface area (Å²) < 4.78 is 29.2. The maximum atomic E-state index is 14.0. The van der Waals surface area contributed by atoms with Gasteiger partial charge in [-0.2, -0.15) is 5.10 Å². The first-order valence-corrected chi connectivity index (χ1v) is 12.1. The standard InChI is InChI=1S/C27H28F2N4O2/c28-20-9-10-21(23(29)15-20)27(35)32-13-11-19(12-14-32)26(34)31-24-7-4-8-25-22(24)16-30-33(25)17-18-5-2-1-3-6-18/h1-3,5-6,9-10,15-16,19,24H,4,7-8,11-14,17H2,(H,31,34). The number of piperidine rings is 1. The van der Waals surface area contributed by atoms with Crippen LogP contribution in [0.2, 0.25) is 0 Å². The van der Waals surface area contributed by atoms with Crippen molar-refractivity contribution >= 4 is 11.8 Å². The van der Waals surface area contributed by atoms with Gasteiger partial charge in [0.1, 0.15) is 11.6 Å². The molecule has 1 atom stereocenters. The van der Waals surface area contributed by atoms with E-state index in [9.17, 15) is 18.4 Å². The van der Waals surface area contributed by atoms with Gasteiger partial charge in [0, 0.05) is 36.3 Å². The molecule has 0 spiro atoms. The number of aromatic nitrogens is 2. The van der Waals surface area contributed by atoms with Crippen LogP contribution in [0.15, 0.2) is 54.7 Å². The summed E-state index contributed by atoms with van der Waals surface area (Å²) in [5.74, 6) is -2.27. The van der Waals surface area contributed by atoms with Crippen LogP contribution in [0.5, 0.6) is 0 Å². The minimum atomic E-state index is -0.865. The molecule has 1 unspecified atom stereocenters. The molecule has 6 nitrogen and oxygen atoms in total. The molecule has 2 amide bonds. The van der Waals surface area contributed by atoms with E-state index in [-0.39, 0.29) is 23.4 Å². The van der Waals surface area contributed by atoms with Gasteiger partial charge in [-0.05, 0) is 49.8 Å². The molecule has 1 aromatic heterocycles. The Balaban J connectivity index is 1.19. The van der Waals surface area contributed by atoms with Crippen molar-refractivity contribution in [1.82, 2.24) is 20.0 Å². The number of fused-ring (bicyclic) bond motifs is 1. The van der Waals surface area contributed by atoms with E-state index in [1.807, 2.05) is 29.1 Å². The van der Waals surface area contributed by atoms with Gasteiger partial charge < -0.3 is 10.2 Å². The van der Waals surface area contributed by atoms with E-state index in [1.54, 1.807) is 0 Å². The first-order valence-electron chi connectivity index (χ1n) is 12.1. The van der Waals surface area contributed by atoms with Crippen molar-refractivity contribution in [2.75, 3.05) is 13.1 Å². The Morgan fingerprint density at radius 3 is 2.54 bits per heavy atom. The van der Waals surface area contributed by atoms with Crippen molar-refractivity contribution in [3.63, 3.8) is 0 Å². The highest BCUT2D eigenvalue weighted by molar-refractivity contribution is 5.94. The van der Waals surface area contributed by atoms with E-state index in [2.05, 4.69) is 22.5 Å². The number of amides is 2. The number of nitrogens with zero attached hydrogens (tertiary/aromatic N) is 3. The number of hydrogen-bond acceptors (Lipinski definition) is 3. The van der Waals surface area contributed by atoms with Gasteiger partial charge in [0.15, 0.2) is 0 Å². The van der Waals surface area contributed by atoms with E-state index in [0.717, 1.165) is 30.9 Å². The Bertz CT molecular complexity index is 1220. The van der Waals surface area contributed by atoms with Crippen LogP contribution >= 0.6 is 0 Å². The van der Waals surface area contributed by atoms with Crippen LogP contribution in [-0.4, -0.2) is 39.6 Å². The van der Waals surface area contributed by atoms with E-state index in [1.165, 1.54) is 22.2 Å². The molecule has 2 aromatic carbocycles. The number of likely N-dealkylation sites (tertiary alicyclic amines) is 1. The van der Waals surface area contributed by atoms with Gasteiger partial charge in [0.25, 0.3) is 5.91 Å². The minimum absolute atomic E-state index is 0.0151. The summed E-state index contributed by atoms with van der Waals surface area (Å²) in [6.07, 6.45) is 5.68. The molecular weight excluding hydrogens is 450 g/mol. The summed E-state index contributed by atoms with van der Waals surface area (Å²) in [5.41, 5.74) is 3.30. The summed E-state index contributed by atoms with van der Waals surface area (Å²) in [4.78, 5) is 27.3. The maximum absolute atomic E-state index is 14.0. The number of carbonyl (C=O) groups excluding carboxylic acids is 2. The minimum Gasteiger partial charge on any atom is -0.349 e. The average Bonchev–Trinajstić information content (AvgIpc) is 3.28. The molecule has 182 valence electrons. The van der Waals surface area contributed by atoms with Crippen molar-refractivity contribution in [3.8, 4) is 0 Å². The van der Waals surface area contributed by atoms with Crippen LogP contribution in [-0.2, 0) is 17.8 Å². The second-order valence-electron chi connectivity index (χ2n) is 9.33. The van der Waals surface area contributed by atoms with Crippen LogP contribution in [0.4, 0.5) is 8.78 Å². The Morgan fingerprint density at radius 2 is 1.80 bits per heavy atom. The molecule has 35 heavy (non-hydrogen) atoms. The Morgan fingerprint density at radius 1 is 1.03 bits per heavy atom. The lowest BCUT2D eigenvalue weighted by Crippen LogP contribution is -2.44. The van der Waals surface area contributed by atoms with Crippen molar-refractivity contribution in [3.05, 3.63) is 88.7 Å². The SMILES string of the molecule is O=C(NC1CCCc2c1cnn2Cc1ccccc1)C1CCN(C(=O)c2ccc(F)cc2F)CC1. The summed E-state index contributed by atoms with van der Waals surface area (Å²) in [5, 5.41) is 7.82. The first-order chi connectivity index (χ1) is 17.0. The molecule has 5 rings (SSSR count). The second-order valence-corrected chi connectivity index (χ2v) is 9.33. The number of hydrogen-bond donors (Lipinski definition) is 1. The molecule has 0 saturated carbocycles. The Hall–Kier alpha value is -3.55. The third-order valence-electron chi connectivity index (χ3n) is 7.07. The predicted octanol–water partition coefficient (Wildman–Crippen LogP) is 4.26. The van der Waals surface area contributed by atoms with Crippen molar-refractivity contribution in [2.24, 2.45) is 5.92 Å². The second kappa shape index (κ2) is 9.98. The van der Waals surface area contributed by atoms with Crippen LogP contribution < -0.4 is 5.32 Å². The summed E-state index contributed by atoms with van der Waals surface area (Å²) in [6.45, 7) is 1.43. The van der Waals surface area contributed by atoms with Gasteiger partial charge >= 0.3 is 0 Å². The number of nitrogens with one attached hydrogen (secondary N) is 1. The lowest BCUT2D eigenvalue weighted by atomic mass is 9.90. The molecule has 2 heterocycles. The topological polar surface area (TPSA) is 67.2 Å². The molecule has 0 radical (unpaired) electrons. The Kier molecular flexibility index (Phi) is 6.61. The summed E-state index contributed by atoms with van der Waals surface area (Å²) in [6, 6.07) is 13.1. The van der Waals surface area contributed by atoms with Crippen LogP contribution in [0.1, 0.15) is 58.9 Å².